The Kier molecular flexibility index (Phi) is 10.5. The fourth-order valence-corrected chi connectivity index (χ4v) is 2.40. The molecule has 3 rings (SSSR count). The van der Waals surface area contributed by atoms with Gasteiger partial charge in [-0.3, -0.25) is 4.79 Å². The second kappa shape index (κ2) is 12.6. The molecule has 27 heavy (non-hydrogen) atoms. The number of hydrogen-bond donors (Lipinski definition) is 4. The highest BCUT2D eigenvalue weighted by atomic mass is 16.5. The van der Waals surface area contributed by atoms with Crippen molar-refractivity contribution in [1.82, 2.24) is 10.2 Å². The average Bonchev–Trinajstić information content (AvgIpc) is 3.18. The first-order valence-electron chi connectivity index (χ1n) is 8.76. The first-order chi connectivity index (χ1) is 13.2. The summed E-state index contributed by atoms with van der Waals surface area (Å²) in [5.41, 5.74) is 12.0. The molecule has 8 heteroatoms. The lowest BCUT2D eigenvalue weighted by molar-refractivity contribution is 0.109. The van der Waals surface area contributed by atoms with Gasteiger partial charge in [0.25, 0.3) is 0 Å². The van der Waals surface area contributed by atoms with Crippen LogP contribution in [0.4, 0.5) is 0 Å². The summed E-state index contributed by atoms with van der Waals surface area (Å²) in [6, 6.07) is 11.2. The summed E-state index contributed by atoms with van der Waals surface area (Å²) >= 11 is 0. The molecule has 8 nitrogen and oxygen atoms in total. The molecule has 0 spiro atoms. The summed E-state index contributed by atoms with van der Waals surface area (Å²) in [7, 11) is 1.50. The van der Waals surface area contributed by atoms with E-state index in [0.717, 1.165) is 12.1 Å². The molecule has 2 aromatic rings. The van der Waals surface area contributed by atoms with Gasteiger partial charge in [0.05, 0.1) is 12.3 Å². The molecule has 0 radical (unpaired) electrons. The van der Waals surface area contributed by atoms with Crippen LogP contribution in [-0.4, -0.2) is 41.8 Å². The van der Waals surface area contributed by atoms with Crippen molar-refractivity contribution in [2.45, 2.75) is 19.3 Å². The second-order valence-corrected chi connectivity index (χ2v) is 5.86. The van der Waals surface area contributed by atoms with Crippen LogP contribution in [0.1, 0.15) is 29.8 Å². The van der Waals surface area contributed by atoms with Crippen LogP contribution >= 0.6 is 0 Å². The minimum atomic E-state index is -0.0836. The van der Waals surface area contributed by atoms with Gasteiger partial charge in [0, 0.05) is 24.4 Å². The Balaban J connectivity index is 0.000000248. The Labute approximate surface area is 159 Å². The van der Waals surface area contributed by atoms with E-state index < -0.39 is 0 Å². The number of aliphatic hydroxyl groups excluding tert-OH is 1. The monoisotopic (exact) mass is 375 g/mol. The molecule has 0 saturated heterocycles. The SMILES string of the molecule is CN.N/C=C(/CO)N(N)CC1CCC1.O=Cc1cc(-c2ccccc2)no1. The van der Waals surface area contributed by atoms with Gasteiger partial charge >= 0.3 is 0 Å². The topological polar surface area (TPSA) is 145 Å². The predicted molar refractivity (Wildman–Crippen MR) is 105 cm³/mol. The van der Waals surface area contributed by atoms with Gasteiger partial charge in [-0.1, -0.05) is 41.9 Å². The Morgan fingerprint density at radius 2 is 2.00 bits per heavy atom. The Morgan fingerprint density at radius 1 is 1.33 bits per heavy atom. The van der Waals surface area contributed by atoms with E-state index in [1.807, 2.05) is 30.3 Å². The number of carbonyl (C=O) groups is 1. The Hall–Kier alpha value is -2.68. The van der Waals surface area contributed by atoms with Crippen LogP contribution in [0.25, 0.3) is 11.3 Å². The van der Waals surface area contributed by atoms with Crippen LogP contribution in [0, 0.1) is 5.92 Å². The molecular formula is C19H29N5O3. The zero-order chi connectivity index (χ0) is 20.1. The molecule has 1 heterocycles. The number of nitrogens with zero attached hydrogens (tertiary/aromatic N) is 2. The quantitative estimate of drug-likeness (QED) is 0.337. The third-order valence-corrected chi connectivity index (χ3v) is 4.12. The summed E-state index contributed by atoms with van der Waals surface area (Å²) in [6.45, 7) is 0.726. The van der Waals surface area contributed by atoms with Crippen molar-refractivity contribution >= 4 is 6.29 Å². The van der Waals surface area contributed by atoms with Gasteiger partial charge in [0.1, 0.15) is 5.69 Å². The average molecular weight is 375 g/mol. The molecule has 1 saturated carbocycles. The number of aromatic nitrogens is 1. The fraction of sp³-hybridized carbons (Fsp3) is 0.368. The van der Waals surface area contributed by atoms with Crippen LogP contribution < -0.4 is 17.3 Å². The number of aliphatic hydroxyl groups is 1. The fourth-order valence-electron chi connectivity index (χ4n) is 2.40. The van der Waals surface area contributed by atoms with Crippen LogP contribution in [-0.2, 0) is 0 Å². The first-order valence-corrected chi connectivity index (χ1v) is 8.76. The van der Waals surface area contributed by atoms with Gasteiger partial charge in [-0.05, 0) is 25.8 Å². The number of benzene rings is 1. The number of rotatable bonds is 6. The van der Waals surface area contributed by atoms with E-state index >= 15 is 0 Å². The van der Waals surface area contributed by atoms with E-state index in [4.69, 9.17) is 21.2 Å². The number of aldehydes is 1. The summed E-state index contributed by atoms with van der Waals surface area (Å²) in [4.78, 5) is 10.3. The molecule has 0 unspecified atom stereocenters. The maximum absolute atomic E-state index is 10.3. The number of hydrazine groups is 1. The van der Waals surface area contributed by atoms with Crippen molar-refractivity contribution in [3.8, 4) is 11.3 Å². The van der Waals surface area contributed by atoms with E-state index in [-0.39, 0.29) is 12.4 Å². The largest absolute Gasteiger partial charge is 0.403 e. The molecule has 0 amide bonds. The summed E-state index contributed by atoms with van der Waals surface area (Å²) in [6.07, 6.45) is 5.80. The van der Waals surface area contributed by atoms with Gasteiger partial charge in [0.2, 0.25) is 0 Å². The van der Waals surface area contributed by atoms with Gasteiger partial charge < -0.3 is 26.1 Å². The van der Waals surface area contributed by atoms with Gasteiger partial charge in [-0.2, -0.15) is 0 Å². The third-order valence-electron chi connectivity index (χ3n) is 4.12. The van der Waals surface area contributed by atoms with Crippen molar-refractivity contribution in [3.05, 3.63) is 54.1 Å². The molecule has 0 bridgehead atoms. The first kappa shape index (κ1) is 22.4. The number of hydrogen-bond acceptors (Lipinski definition) is 8. The zero-order valence-corrected chi connectivity index (χ0v) is 15.6. The van der Waals surface area contributed by atoms with Crippen molar-refractivity contribution in [1.29, 1.82) is 0 Å². The summed E-state index contributed by atoms with van der Waals surface area (Å²) in [5.74, 6) is 6.61. The van der Waals surface area contributed by atoms with Crippen LogP contribution in [0.2, 0.25) is 0 Å². The minimum Gasteiger partial charge on any atom is -0.403 e. The molecule has 1 aromatic carbocycles. The molecule has 0 atom stereocenters. The molecule has 7 N–H and O–H groups in total. The summed E-state index contributed by atoms with van der Waals surface area (Å²) < 4.78 is 4.75. The van der Waals surface area contributed by atoms with Crippen molar-refractivity contribution in [2.24, 2.45) is 23.2 Å². The van der Waals surface area contributed by atoms with E-state index in [9.17, 15) is 4.79 Å². The lowest BCUT2D eigenvalue weighted by Crippen LogP contribution is -2.38. The number of carbonyl (C=O) groups excluding carboxylic acids is 1. The lowest BCUT2D eigenvalue weighted by atomic mass is 9.85. The second-order valence-electron chi connectivity index (χ2n) is 5.86. The standard InChI is InChI=1S/C10H7NO2.C8H17N3O.CH5N/c12-7-9-6-10(11-13-9)8-4-2-1-3-5-8;9-4-8(6-12)11(10)5-7-2-1-3-7;1-2/h1-7H;4,7,12H,1-3,5-6,9-10H2;2H2,1H3/b;8-4-;. The summed E-state index contributed by atoms with van der Waals surface area (Å²) in [5, 5.41) is 14.1. The van der Waals surface area contributed by atoms with Crippen molar-refractivity contribution in [2.75, 3.05) is 20.2 Å². The zero-order valence-electron chi connectivity index (χ0n) is 15.6. The minimum absolute atomic E-state index is 0.0836. The van der Waals surface area contributed by atoms with Gasteiger partial charge in [0.15, 0.2) is 12.0 Å². The smallest absolute Gasteiger partial charge is 0.199 e. The number of nitrogens with two attached hydrogens (primary N) is 3. The highest BCUT2D eigenvalue weighted by Crippen LogP contribution is 2.27. The third kappa shape index (κ3) is 7.22. The molecule has 1 aliphatic rings. The predicted octanol–water partition coefficient (Wildman–Crippen LogP) is 1.48. The molecular weight excluding hydrogens is 346 g/mol. The van der Waals surface area contributed by atoms with E-state index in [1.54, 1.807) is 11.1 Å². The lowest BCUT2D eigenvalue weighted by Gasteiger charge is -2.31. The Bertz CT molecular complexity index is 684. The highest BCUT2D eigenvalue weighted by Gasteiger charge is 2.20. The van der Waals surface area contributed by atoms with Crippen LogP contribution in [0.5, 0.6) is 0 Å². The van der Waals surface area contributed by atoms with Gasteiger partial charge in [-0.25, -0.2) is 5.84 Å². The molecule has 1 aromatic heterocycles. The van der Waals surface area contributed by atoms with E-state index in [0.29, 0.717) is 23.6 Å². The van der Waals surface area contributed by atoms with Crippen LogP contribution in [0.3, 0.4) is 0 Å². The molecule has 1 fully saturated rings. The maximum atomic E-state index is 10.3. The highest BCUT2D eigenvalue weighted by molar-refractivity contribution is 5.73. The van der Waals surface area contributed by atoms with Gasteiger partial charge in [-0.15, -0.1) is 0 Å². The van der Waals surface area contributed by atoms with E-state index in [2.05, 4.69) is 10.9 Å². The molecule has 148 valence electrons. The van der Waals surface area contributed by atoms with Crippen molar-refractivity contribution < 1.29 is 14.4 Å². The maximum Gasteiger partial charge on any atom is 0.199 e. The Morgan fingerprint density at radius 3 is 2.44 bits per heavy atom. The normalized spacial score (nSPS) is 13.4. The molecule has 1 aliphatic carbocycles. The van der Waals surface area contributed by atoms with E-state index in [1.165, 1.54) is 32.5 Å². The van der Waals surface area contributed by atoms with Crippen molar-refractivity contribution in [3.63, 3.8) is 0 Å². The molecule has 0 aliphatic heterocycles. The van der Waals surface area contributed by atoms with Crippen LogP contribution in [0.15, 0.2) is 52.8 Å².